The molecule has 1 rings (SSSR count). The highest BCUT2D eigenvalue weighted by Gasteiger charge is 2.35. The highest BCUT2D eigenvalue weighted by Crippen LogP contribution is 2.16. The van der Waals surface area contributed by atoms with Crippen LogP contribution in [0, 0.1) is 0 Å². The minimum absolute atomic E-state index is 0.148. The molecular formula is C7H14O4. The highest BCUT2D eigenvalue weighted by atomic mass is 16.6. The Hall–Kier alpha value is -0.160. The van der Waals surface area contributed by atoms with Crippen LogP contribution in [-0.2, 0) is 9.47 Å². The first kappa shape index (κ1) is 8.93. The maximum absolute atomic E-state index is 9.37. The van der Waals surface area contributed by atoms with Crippen molar-refractivity contribution < 1.29 is 19.7 Å². The molecule has 3 atom stereocenters. The molecule has 0 aromatic heterocycles. The molecule has 0 saturated carbocycles. The van der Waals surface area contributed by atoms with Crippen molar-refractivity contribution in [2.75, 3.05) is 19.8 Å². The Morgan fingerprint density at radius 3 is 2.82 bits per heavy atom. The SMILES string of the molecule is CCOC1COC(CO)C1O. The molecule has 1 fully saturated rings. The summed E-state index contributed by atoms with van der Waals surface area (Å²) >= 11 is 0. The van der Waals surface area contributed by atoms with Crippen molar-refractivity contribution in [1.29, 1.82) is 0 Å². The van der Waals surface area contributed by atoms with Crippen molar-refractivity contribution >= 4 is 0 Å². The Kier molecular flexibility index (Phi) is 3.26. The third-order valence-electron chi connectivity index (χ3n) is 1.80. The average Bonchev–Trinajstić information content (AvgIpc) is 2.34. The lowest BCUT2D eigenvalue weighted by molar-refractivity contribution is -0.0246. The predicted molar refractivity (Wildman–Crippen MR) is 38.2 cm³/mol. The van der Waals surface area contributed by atoms with E-state index in [4.69, 9.17) is 14.6 Å². The first-order chi connectivity index (χ1) is 5.29. The summed E-state index contributed by atoms with van der Waals surface area (Å²) < 4.78 is 10.2. The fourth-order valence-corrected chi connectivity index (χ4v) is 1.18. The summed E-state index contributed by atoms with van der Waals surface area (Å²) in [7, 11) is 0. The van der Waals surface area contributed by atoms with Crippen molar-refractivity contribution in [3.63, 3.8) is 0 Å². The molecule has 0 aliphatic carbocycles. The molecule has 11 heavy (non-hydrogen) atoms. The van der Waals surface area contributed by atoms with Crippen molar-refractivity contribution in [3.05, 3.63) is 0 Å². The zero-order valence-electron chi connectivity index (χ0n) is 6.56. The number of rotatable bonds is 3. The van der Waals surface area contributed by atoms with Gasteiger partial charge in [0.25, 0.3) is 0 Å². The second kappa shape index (κ2) is 4.01. The van der Waals surface area contributed by atoms with Gasteiger partial charge in [0.05, 0.1) is 13.2 Å². The lowest BCUT2D eigenvalue weighted by Gasteiger charge is -2.14. The molecule has 4 heteroatoms. The van der Waals surface area contributed by atoms with Crippen LogP contribution in [0.15, 0.2) is 0 Å². The van der Waals surface area contributed by atoms with Gasteiger partial charge >= 0.3 is 0 Å². The maximum atomic E-state index is 9.37. The Morgan fingerprint density at radius 2 is 2.36 bits per heavy atom. The van der Waals surface area contributed by atoms with Crippen LogP contribution < -0.4 is 0 Å². The van der Waals surface area contributed by atoms with Gasteiger partial charge in [0.2, 0.25) is 0 Å². The highest BCUT2D eigenvalue weighted by molar-refractivity contribution is 4.83. The minimum atomic E-state index is -0.681. The van der Waals surface area contributed by atoms with Crippen molar-refractivity contribution in [2.24, 2.45) is 0 Å². The summed E-state index contributed by atoms with van der Waals surface area (Å²) in [5.41, 5.74) is 0. The maximum Gasteiger partial charge on any atom is 0.111 e. The van der Waals surface area contributed by atoms with Crippen molar-refractivity contribution in [1.82, 2.24) is 0 Å². The minimum Gasteiger partial charge on any atom is -0.394 e. The van der Waals surface area contributed by atoms with Crippen LogP contribution in [0.3, 0.4) is 0 Å². The lowest BCUT2D eigenvalue weighted by Crippen LogP contribution is -2.33. The van der Waals surface area contributed by atoms with E-state index in [0.29, 0.717) is 13.2 Å². The van der Waals surface area contributed by atoms with E-state index in [9.17, 15) is 5.11 Å². The molecule has 0 radical (unpaired) electrons. The largest absolute Gasteiger partial charge is 0.394 e. The van der Waals surface area contributed by atoms with E-state index < -0.39 is 12.2 Å². The summed E-state index contributed by atoms with van der Waals surface area (Å²) in [5, 5.41) is 18.1. The molecule has 0 aromatic rings. The molecule has 0 spiro atoms. The fraction of sp³-hybridized carbons (Fsp3) is 1.00. The molecule has 4 nitrogen and oxygen atoms in total. The Balaban J connectivity index is 2.35. The van der Waals surface area contributed by atoms with Gasteiger partial charge in [-0.1, -0.05) is 0 Å². The molecule has 1 aliphatic rings. The summed E-state index contributed by atoms with van der Waals surface area (Å²) in [5.74, 6) is 0. The summed E-state index contributed by atoms with van der Waals surface area (Å²) in [6.45, 7) is 2.65. The predicted octanol–water partition coefficient (Wildman–Crippen LogP) is -0.857. The van der Waals surface area contributed by atoms with Crippen LogP contribution >= 0.6 is 0 Å². The molecule has 1 saturated heterocycles. The first-order valence-corrected chi connectivity index (χ1v) is 3.81. The molecule has 3 unspecified atom stereocenters. The second-order valence-corrected chi connectivity index (χ2v) is 2.54. The third-order valence-corrected chi connectivity index (χ3v) is 1.80. The molecule has 0 bridgehead atoms. The quantitative estimate of drug-likeness (QED) is 0.567. The standard InChI is InChI=1S/C7H14O4/c1-2-10-6-4-11-5(3-8)7(6)9/h5-9H,2-4H2,1H3. The molecule has 1 heterocycles. The Morgan fingerprint density at radius 1 is 1.64 bits per heavy atom. The van der Waals surface area contributed by atoms with Gasteiger partial charge in [0.1, 0.15) is 18.3 Å². The van der Waals surface area contributed by atoms with Crippen molar-refractivity contribution in [2.45, 2.75) is 25.2 Å². The Bertz CT molecular complexity index is 117. The Labute approximate surface area is 65.7 Å². The van der Waals surface area contributed by atoms with Gasteiger partial charge < -0.3 is 19.7 Å². The second-order valence-electron chi connectivity index (χ2n) is 2.54. The van der Waals surface area contributed by atoms with E-state index in [-0.39, 0.29) is 12.7 Å². The van der Waals surface area contributed by atoms with Gasteiger partial charge in [0.15, 0.2) is 0 Å². The first-order valence-electron chi connectivity index (χ1n) is 3.81. The van der Waals surface area contributed by atoms with Gasteiger partial charge in [0, 0.05) is 6.61 Å². The number of aliphatic hydroxyl groups excluding tert-OH is 2. The van der Waals surface area contributed by atoms with Gasteiger partial charge in [-0.3, -0.25) is 0 Å². The van der Waals surface area contributed by atoms with Crippen LogP contribution in [0.5, 0.6) is 0 Å². The lowest BCUT2D eigenvalue weighted by atomic mass is 10.1. The van der Waals surface area contributed by atoms with Gasteiger partial charge in [-0.25, -0.2) is 0 Å². The normalized spacial score (nSPS) is 37.9. The van der Waals surface area contributed by atoms with E-state index in [1.807, 2.05) is 6.92 Å². The zero-order valence-corrected chi connectivity index (χ0v) is 6.56. The summed E-state index contributed by atoms with van der Waals surface area (Å²) in [4.78, 5) is 0. The zero-order chi connectivity index (χ0) is 8.27. The van der Waals surface area contributed by atoms with E-state index in [2.05, 4.69) is 0 Å². The van der Waals surface area contributed by atoms with E-state index in [0.717, 1.165) is 0 Å². The molecule has 2 N–H and O–H groups in total. The van der Waals surface area contributed by atoms with Crippen LogP contribution in [-0.4, -0.2) is 48.3 Å². The molecule has 1 aliphatic heterocycles. The van der Waals surface area contributed by atoms with Crippen LogP contribution in [0.25, 0.3) is 0 Å². The molecule has 66 valence electrons. The fourth-order valence-electron chi connectivity index (χ4n) is 1.18. The topological polar surface area (TPSA) is 58.9 Å². The van der Waals surface area contributed by atoms with Crippen molar-refractivity contribution in [3.8, 4) is 0 Å². The monoisotopic (exact) mass is 162 g/mol. The smallest absolute Gasteiger partial charge is 0.111 e. The van der Waals surface area contributed by atoms with Gasteiger partial charge in [-0.05, 0) is 6.92 Å². The molecule has 0 amide bonds. The molecule has 0 aromatic carbocycles. The van der Waals surface area contributed by atoms with Gasteiger partial charge in [-0.2, -0.15) is 0 Å². The molecular weight excluding hydrogens is 148 g/mol. The van der Waals surface area contributed by atoms with E-state index in [1.165, 1.54) is 0 Å². The summed E-state index contributed by atoms with van der Waals surface area (Å²) in [6.07, 6.45) is -1.41. The van der Waals surface area contributed by atoms with Crippen LogP contribution in [0.1, 0.15) is 6.92 Å². The van der Waals surface area contributed by atoms with E-state index >= 15 is 0 Å². The third kappa shape index (κ3) is 1.90. The number of hydrogen-bond acceptors (Lipinski definition) is 4. The van der Waals surface area contributed by atoms with E-state index in [1.54, 1.807) is 0 Å². The average molecular weight is 162 g/mol. The van der Waals surface area contributed by atoms with Crippen LogP contribution in [0.4, 0.5) is 0 Å². The van der Waals surface area contributed by atoms with Gasteiger partial charge in [-0.15, -0.1) is 0 Å². The number of hydrogen-bond donors (Lipinski definition) is 2. The number of aliphatic hydroxyl groups is 2. The van der Waals surface area contributed by atoms with Crippen LogP contribution in [0.2, 0.25) is 0 Å². The number of ether oxygens (including phenoxy) is 2. The summed E-state index contributed by atoms with van der Waals surface area (Å²) in [6, 6.07) is 0.